The van der Waals surface area contributed by atoms with E-state index in [1.165, 1.54) is 6.92 Å². The summed E-state index contributed by atoms with van der Waals surface area (Å²) in [7, 11) is 0. The monoisotopic (exact) mass is 607 g/mol. The summed E-state index contributed by atoms with van der Waals surface area (Å²) >= 11 is 0. The number of hydrogen-bond acceptors (Lipinski definition) is 5. The minimum Gasteiger partial charge on any atom is -0.361 e. The Labute approximate surface area is 260 Å². The van der Waals surface area contributed by atoms with Crippen LogP contribution < -0.4 is 10.6 Å². The molecule has 4 amide bonds. The number of unbranched alkanes of at least 4 members (excludes halogenated alkanes) is 2. The predicted octanol–water partition coefficient (Wildman–Crippen LogP) is 3.88. The van der Waals surface area contributed by atoms with Gasteiger partial charge in [0.15, 0.2) is 0 Å². The first-order valence-electron chi connectivity index (χ1n) is 16.4. The number of nitrogens with one attached hydrogen (secondary N) is 3. The molecule has 0 bridgehead atoms. The Hall–Kier alpha value is -3.69. The molecule has 10 nitrogen and oxygen atoms in total. The van der Waals surface area contributed by atoms with Crippen molar-refractivity contribution in [1.29, 1.82) is 0 Å². The number of aromatic nitrogens is 1. The minimum absolute atomic E-state index is 0.143. The zero-order valence-corrected chi connectivity index (χ0v) is 26.7. The van der Waals surface area contributed by atoms with Gasteiger partial charge in [0.05, 0.1) is 6.04 Å². The highest BCUT2D eigenvalue weighted by Gasteiger charge is 2.43. The Morgan fingerprint density at radius 1 is 1.02 bits per heavy atom. The SMILES string of the molecule is CCC(=O)CCCCC[C@@H]1NC(=O)[C@H]2CCCN2C(=O)[C@H](C(C)CC)N(C(C)=O)C[C@H](Cc2c[nH]c3ccccc23)NC1=O. The second-order valence-corrected chi connectivity index (χ2v) is 12.5. The fourth-order valence-corrected chi connectivity index (χ4v) is 6.65. The number of para-hydroxylation sites is 1. The van der Waals surface area contributed by atoms with Crippen molar-refractivity contribution in [2.75, 3.05) is 13.1 Å². The number of nitrogens with zero attached hydrogens (tertiary/aromatic N) is 2. The molecule has 2 aromatic rings. The number of carbonyl (C=O) groups excluding carboxylic acids is 5. The maximum Gasteiger partial charge on any atom is 0.246 e. The van der Waals surface area contributed by atoms with E-state index in [2.05, 4.69) is 15.6 Å². The van der Waals surface area contributed by atoms with Gasteiger partial charge in [-0.2, -0.15) is 0 Å². The highest BCUT2D eigenvalue weighted by Crippen LogP contribution is 2.27. The Balaban J connectivity index is 1.67. The molecule has 44 heavy (non-hydrogen) atoms. The average molecular weight is 608 g/mol. The molecule has 4 rings (SSSR count). The van der Waals surface area contributed by atoms with Crippen LogP contribution in [0.15, 0.2) is 30.5 Å². The van der Waals surface area contributed by atoms with Gasteiger partial charge in [0.25, 0.3) is 0 Å². The quantitative estimate of drug-likeness (QED) is 0.334. The summed E-state index contributed by atoms with van der Waals surface area (Å²) in [6, 6.07) is 5.22. The fraction of sp³-hybridized carbons (Fsp3) is 0.618. The van der Waals surface area contributed by atoms with E-state index in [4.69, 9.17) is 0 Å². The molecule has 0 radical (unpaired) electrons. The van der Waals surface area contributed by atoms with E-state index in [9.17, 15) is 24.0 Å². The van der Waals surface area contributed by atoms with Gasteiger partial charge in [-0.25, -0.2) is 0 Å². The van der Waals surface area contributed by atoms with Crippen LogP contribution >= 0.6 is 0 Å². The summed E-state index contributed by atoms with van der Waals surface area (Å²) in [6.45, 7) is 7.90. The average Bonchev–Trinajstić information content (AvgIpc) is 3.66. The number of H-pyrrole nitrogens is 1. The molecular formula is C34H49N5O5. The molecule has 2 saturated heterocycles. The van der Waals surface area contributed by atoms with E-state index in [-0.39, 0.29) is 41.9 Å². The van der Waals surface area contributed by atoms with Crippen molar-refractivity contribution in [2.45, 2.75) is 116 Å². The number of hydrogen-bond donors (Lipinski definition) is 3. The number of fused-ring (bicyclic) bond motifs is 2. The molecule has 3 N–H and O–H groups in total. The molecule has 1 aromatic heterocycles. The molecule has 2 fully saturated rings. The van der Waals surface area contributed by atoms with Crippen molar-refractivity contribution in [3.63, 3.8) is 0 Å². The van der Waals surface area contributed by atoms with Crippen LogP contribution in [0.4, 0.5) is 0 Å². The molecule has 3 heterocycles. The van der Waals surface area contributed by atoms with Gasteiger partial charge in [-0.15, -0.1) is 0 Å². The van der Waals surface area contributed by atoms with Crippen LogP contribution in [0.3, 0.4) is 0 Å². The lowest BCUT2D eigenvalue weighted by Gasteiger charge is -2.40. The number of carbonyl (C=O) groups is 5. The second kappa shape index (κ2) is 15.3. The number of benzene rings is 1. The van der Waals surface area contributed by atoms with Gasteiger partial charge >= 0.3 is 0 Å². The van der Waals surface area contributed by atoms with Crippen molar-refractivity contribution in [1.82, 2.24) is 25.4 Å². The smallest absolute Gasteiger partial charge is 0.246 e. The van der Waals surface area contributed by atoms with Crippen LogP contribution in [-0.4, -0.2) is 81.5 Å². The van der Waals surface area contributed by atoms with E-state index < -0.39 is 24.2 Å². The zero-order valence-electron chi connectivity index (χ0n) is 26.7. The van der Waals surface area contributed by atoms with E-state index in [1.807, 2.05) is 51.2 Å². The van der Waals surface area contributed by atoms with E-state index in [1.54, 1.807) is 9.80 Å². The van der Waals surface area contributed by atoms with E-state index in [0.717, 1.165) is 29.3 Å². The molecule has 240 valence electrons. The lowest BCUT2D eigenvalue weighted by atomic mass is 9.94. The van der Waals surface area contributed by atoms with Gasteiger partial charge in [-0.05, 0) is 49.7 Å². The largest absolute Gasteiger partial charge is 0.361 e. The highest BCUT2D eigenvalue weighted by atomic mass is 16.2. The Kier molecular flexibility index (Phi) is 11.6. The third-order valence-corrected chi connectivity index (χ3v) is 9.40. The maximum absolute atomic E-state index is 14.2. The molecule has 10 heteroatoms. The Bertz CT molecular complexity index is 1340. The molecule has 1 unspecified atom stereocenters. The van der Waals surface area contributed by atoms with Crippen LogP contribution in [0.1, 0.15) is 91.0 Å². The van der Waals surface area contributed by atoms with Gasteiger partial charge < -0.3 is 25.4 Å². The predicted molar refractivity (Wildman–Crippen MR) is 170 cm³/mol. The number of amides is 4. The summed E-state index contributed by atoms with van der Waals surface area (Å²) in [5.74, 6) is -0.996. The molecule has 2 aliphatic rings. The number of ketones is 1. The van der Waals surface area contributed by atoms with Crippen LogP contribution in [0.25, 0.3) is 10.9 Å². The molecule has 0 saturated carbocycles. The van der Waals surface area contributed by atoms with Crippen molar-refractivity contribution < 1.29 is 24.0 Å². The lowest BCUT2D eigenvalue weighted by Crippen LogP contribution is -2.62. The van der Waals surface area contributed by atoms with Crippen molar-refractivity contribution >= 4 is 40.3 Å². The van der Waals surface area contributed by atoms with Gasteiger partial charge in [-0.3, -0.25) is 24.0 Å². The lowest BCUT2D eigenvalue weighted by molar-refractivity contribution is -0.151. The van der Waals surface area contributed by atoms with Crippen molar-refractivity contribution in [3.05, 3.63) is 36.0 Å². The molecular weight excluding hydrogens is 558 g/mol. The van der Waals surface area contributed by atoms with Crippen molar-refractivity contribution in [3.8, 4) is 0 Å². The third-order valence-electron chi connectivity index (χ3n) is 9.40. The highest BCUT2D eigenvalue weighted by molar-refractivity contribution is 5.95. The standard InChI is InChI=1S/C34H49N5O5/c1-5-22(3)31-34(44)38-18-12-17-30(38)33(43)37-29(16-9-7-8-13-26(41)6-2)32(42)36-25(21-39(31)23(4)40)19-24-20-35-28-15-11-10-14-27(24)28/h10-11,14-15,20,22,25,29-31,35H,5-9,12-13,16-19,21H2,1-4H3,(H,36,42)(H,37,43)/t22?,25-,29-,30+,31-/m0/s1. The van der Waals surface area contributed by atoms with Crippen LogP contribution in [-0.2, 0) is 30.4 Å². The topological polar surface area (TPSA) is 132 Å². The van der Waals surface area contributed by atoms with Gasteiger partial charge in [0, 0.05) is 50.0 Å². The second-order valence-electron chi connectivity index (χ2n) is 12.5. The van der Waals surface area contributed by atoms with Gasteiger partial charge in [0.2, 0.25) is 23.6 Å². The summed E-state index contributed by atoms with van der Waals surface area (Å²) in [4.78, 5) is 73.3. The summed E-state index contributed by atoms with van der Waals surface area (Å²) in [5, 5.41) is 7.19. The maximum atomic E-state index is 14.2. The minimum atomic E-state index is -0.789. The molecule has 0 aliphatic carbocycles. The van der Waals surface area contributed by atoms with Gasteiger partial charge in [-0.1, -0.05) is 58.2 Å². The van der Waals surface area contributed by atoms with E-state index >= 15 is 0 Å². The number of rotatable bonds is 11. The molecule has 1 aromatic carbocycles. The normalized spacial score (nSPS) is 23.9. The molecule has 5 atom stereocenters. The first-order valence-corrected chi connectivity index (χ1v) is 16.4. The van der Waals surface area contributed by atoms with Gasteiger partial charge in [0.1, 0.15) is 23.9 Å². The summed E-state index contributed by atoms with van der Waals surface area (Å²) < 4.78 is 0. The molecule has 0 spiro atoms. The summed E-state index contributed by atoms with van der Waals surface area (Å²) in [5.41, 5.74) is 1.97. The summed E-state index contributed by atoms with van der Waals surface area (Å²) in [6.07, 6.45) is 7.88. The first kappa shape index (κ1) is 33.2. The Morgan fingerprint density at radius 3 is 2.52 bits per heavy atom. The Morgan fingerprint density at radius 2 is 1.80 bits per heavy atom. The van der Waals surface area contributed by atoms with Crippen LogP contribution in [0, 0.1) is 5.92 Å². The van der Waals surface area contributed by atoms with E-state index in [0.29, 0.717) is 57.9 Å². The van der Waals surface area contributed by atoms with Crippen LogP contribution in [0.5, 0.6) is 0 Å². The zero-order chi connectivity index (χ0) is 31.8. The van der Waals surface area contributed by atoms with Crippen molar-refractivity contribution in [2.24, 2.45) is 5.92 Å². The number of aromatic amines is 1. The third kappa shape index (κ3) is 7.87. The fourth-order valence-electron chi connectivity index (χ4n) is 6.65. The van der Waals surface area contributed by atoms with Crippen LogP contribution in [0.2, 0.25) is 0 Å². The molecule has 2 aliphatic heterocycles. The number of Topliss-reactive ketones (excluding diaryl/α,β-unsaturated/α-hetero) is 1. The first-order chi connectivity index (χ1) is 21.1.